The molecule has 2 N–H and O–H groups in total. The summed E-state index contributed by atoms with van der Waals surface area (Å²) < 4.78 is 2.20. The standard InChI is InChI=1S/C36H23N5S/c1-36-19-18-26(37)30(38)29(36)24-17-16-23(20-27(24)39-34(36)21-10-4-2-5-11-21)31-33-32(25-14-8-9-15-28(25)42-33)41-35(40-31)22-12-6-3-7-13-22/h2-17,20,29,37-38H,1H3. The zero-order valence-electron chi connectivity index (χ0n) is 22.6. The lowest BCUT2D eigenvalue weighted by Gasteiger charge is -2.40. The number of nitrogens with zero attached hydrogens (tertiary/aromatic N) is 3. The van der Waals surface area contributed by atoms with Crippen molar-refractivity contribution in [1.82, 2.24) is 9.97 Å². The van der Waals surface area contributed by atoms with E-state index in [1.807, 2.05) is 73.7 Å². The molecule has 0 bridgehead atoms. The minimum atomic E-state index is -0.717. The lowest BCUT2D eigenvalue weighted by Crippen LogP contribution is -2.44. The van der Waals surface area contributed by atoms with Crippen LogP contribution < -0.4 is 0 Å². The van der Waals surface area contributed by atoms with Crippen LogP contribution in [0.5, 0.6) is 0 Å². The number of fused-ring (bicyclic) bond motifs is 6. The van der Waals surface area contributed by atoms with E-state index in [1.165, 1.54) is 4.70 Å². The molecule has 2 aromatic heterocycles. The molecule has 2 aliphatic rings. The Labute approximate surface area is 246 Å². The number of aliphatic imine (C=N–C) groups is 1. The summed E-state index contributed by atoms with van der Waals surface area (Å²) in [7, 11) is 0. The van der Waals surface area contributed by atoms with Crippen LogP contribution in [-0.4, -0.2) is 27.1 Å². The molecule has 8 rings (SSSR count). The van der Waals surface area contributed by atoms with Crippen LogP contribution in [0.15, 0.2) is 108 Å². The van der Waals surface area contributed by atoms with Gasteiger partial charge in [-0.2, -0.15) is 0 Å². The first-order chi connectivity index (χ1) is 20.5. The minimum Gasteiger partial charge on any atom is -0.302 e. The third kappa shape index (κ3) is 3.61. The lowest BCUT2D eigenvalue weighted by atomic mass is 9.62. The lowest BCUT2D eigenvalue weighted by molar-refractivity contribution is 0.565. The molecular weight excluding hydrogens is 534 g/mol. The van der Waals surface area contributed by atoms with Crippen molar-refractivity contribution in [3.8, 4) is 34.5 Å². The molecule has 42 heavy (non-hydrogen) atoms. The Morgan fingerprint density at radius 3 is 2.29 bits per heavy atom. The molecule has 4 aromatic carbocycles. The largest absolute Gasteiger partial charge is 0.302 e. The van der Waals surface area contributed by atoms with Crippen LogP contribution >= 0.6 is 11.3 Å². The fraction of sp³-hybridized carbons (Fsp3) is 0.0833. The second kappa shape index (κ2) is 9.13. The maximum Gasteiger partial charge on any atom is 0.160 e. The van der Waals surface area contributed by atoms with Crippen LogP contribution in [0.1, 0.15) is 24.0 Å². The highest BCUT2D eigenvalue weighted by atomic mass is 32.1. The Kier molecular flexibility index (Phi) is 5.34. The summed E-state index contributed by atoms with van der Waals surface area (Å²) in [5, 5.41) is 18.4. The molecule has 5 nitrogen and oxygen atoms in total. The van der Waals surface area contributed by atoms with Crippen LogP contribution in [0.4, 0.5) is 5.69 Å². The van der Waals surface area contributed by atoms with E-state index in [-0.39, 0.29) is 11.4 Å². The van der Waals surface area contributed by atoms with Gasteiger partial charge in [0.2, 0.25) is 0 Å². The van der Waals surface area contributed by atoms with Crippen LogP contribution in [0, 0.1) is 28.1 Å². The number of hydrogen-bond acceptors (Lipinski definition) is 6. The van der Waals surface area contributed by atoms with Gasteiger partial charge in [0.05, 0.1) is 44.4 Å². The number of aromatic nitrogens is 2. The van der Waals surface area contributed by atoms with Crippen molar-refractivity contribution in [3.63, 3.8) is 0 Å². The smallest absolute Gasteiger partial charge is 0.160 e. The number of hydrogen-bond donors (Lipinski definition) is 2. The maximum atomic E-state index is 8.94. The third-order valence-electron chi connectivity index (χ3n) is 8.22. The molecule has 0 spiro atoms. The Morgan fingerprint density at radius 1 is 0.786 bits per heavy atom. The summed E-state index contributed by atoms with van der Waals surface area (Å²) in [5.41, 5.74) is 6.76. The molecule has 2 atom stereocenters. The van der Waals surface area contributed by atoms with Gasteiger partial charge in [-0.15, -0.1) is 11.3 Å². The van der Waals surface area contributed by atoms with Crippen LogP contribution in [0.3, 0.4) is 0 Å². The van der Waals surface area contributed by atoms with Gasteiger partial charge in [0, 0.05) is 21.2 Å². The number of rotatable bonds is 3. The van der Waals surface area contributed by atoms with Crippen molar-refractivity contribution in [2.75, 3.05) is 0 Å². The van der Waals surface area contributed by atoms with E-state index in [1.54, 1.807) is 11.3 Å². The Balaban J connectivity index is 1.39. The van der Waals surface area contributed by atoms with Crippen LogP contribution in [-0.2, 0) is 0 Å². The van der Waals surface area contributed by atoms with E-state index in [2.05, 4.69) is 48.2 Å². The van der Waals surface area contributed by atoms with Gasteiger partial charge in [-0.05, 0) is 36.1 Å². The zero-order chi connectivity index (χ0) is 28.4. The monoisotopic (exact) mass is 557 g/mol. The molecule has 0 saturated heterocycles. The third-order valence-corrected chi connectivity index (χ3v) is 9.39. The molecule has 1 aliphatic heterocycles. The molecule has 0 saturated carbocycles. The zero-order valence-corrected chi connectivity index (χ0v) is 23.5. The van der Waals surface area contributed by atoms with Gasteiger partial charge < -0.3 is 5.41 Å². The van der Waals surface area contributed by atoms with E-state index in [0.717, 1.165) is 54.9 Å². The average molecular weight is 558 g/mol. The molecule has 2 unspecified atom stereocenters. The highest BCUT2D eigenvalue weighted by Crippen LogP contribution is 2.50. The second-order valence-electron chi connectivity index (χ2n) is 10.8. The Bertz CT molecular complexity index is 2200. The van der Waals surface area contributed by atoms with Crippen molar-refractivity contribution >= 4 is 54.5 Å². The quantitative estimate of drug-likeness (QED) is 0.214. The van der Waals surface area contributed by atoms with Crippen LogP contribution in [0.25, 0.3) is 42.9 Å². The highest BCUT2D eigenvalue weighted by Gasteiger charge is 2.48. The maximum absolute atomic E-state index is 8.94. The summed E-state index contributed by atoms with van der Waals surface area (Å²) in [6.07, 6.45) is 0. The van der Waals surface area contributed by atoms with Gasteiger partial charge in [0.25, 0.3) is 0 Å². The van der Waals surface area contributed by atoms with Crippen LogP contribution in [0.2, 0.25) is 0 Å². The summed E-state index contributed by atoms with van der Waals surface area (Å²) in [6, 6.07) is 34.7. The number of thiophene rings is 1. The summed E-state index contributed by atoms with van der Waals surface area (Å²) >= 11 is 1.70. The van der Waals surface area contributed by atoms with Crippen molar-refractivity contribution in [1.29, 1.82) is 10.8 Å². The van der Waals surface area contributed by atoms with Gasteiger partial charge in [-0.25, -0.2) is 9.97 Å². The van der Waals surface area contributed by atoms with E-state index < -0.39 is 11.3 Å². The first-order valence-electron chi connectivity index (χ1n) is 13.8. The first-order valence-corrected chi connectivity index (χ1v) is 14.6. The molecule has 3 heterocycles. The Morgan fingerprint density at radius 2 is 1.50 bits per heavy atom. The summed E-state index contributed by atoms with van der Waals surface area (Å²) in [4.78, 5) is 15.4. The second-order valence-corrected chi connectivity index (χ2v) is 11.9. The van der Waals surface area contributed by atoms with Gasteiger partial charge in [0.15, 0.2) is 5.82 Å². The van der Waals surface area contributed by atoms with E-state index in [9.17, 15) is 0 Å². The van der Waals surface area contributed by atoms with Crippen molar-refractivity contribution in [2.45, 2.75) is 12.8 Å². The topological polar surface area (TPSA) is 85.8 Å². The number of benzene rings is 4. The van der Waals surface area contributed by atoms with Crippen molar-refractivity contribution in [3.05, 3.63) is 114 Å². The molecule has 198 valence electrons. The highest BCUT2D eigenvalue weighted by molar-refractivity contribution is 7.26. The van der Waals surface area contributed by atoms with Crippen molar-refractivity contribution in [2.24, 2.45) is 10.4 Å². The molecular formula is C36H23N5S. The SMILES string of the molecule is CC12C#CC(=N)C(=N)C1c1ccc(-c3nc(-c4ccccc4)nc4c3sc3ccccc34)cc1N=C2c1ccccc1. The fourth-order valence-electron chi connectivity index (χ4n) is 6.16. The van der Waals surface area contributed by atoms with E-state index >= 15 is 0 Å². The van der Waals surface area contributed by atoms with Crippen molar-refractivity contribution < 1.29 is 0 Å². The Hall–Kier alpha value is -5.25. The normalized spacial score (nSPS) is 19.2. The molecule has 0 amide bonds. The first kappa shape index (κ1) is 24.5. The van der Waals surface area contributed by atoms with Gasteiger partial charge in [-0.3, -0.25) is 10.4 Å². The number of nitrogens with one attached hydrogen (secondary N) is 2. The molecule has 6 heteroatoms. The molecule has 0 radical (unpaired) electrons. The minimum absolute atomic E-state index is 0.0668. The molecule has 1 aliphatic carbocycles. The predicted octanol–water partition coefficient (Wildman–Crippen LogP) is 8.46. The predicted molar refractivity (Wildman–Crippen MR) is 173 cm³/mol. The fourth-order valence-corrected chi connectivity index (χ4v) is 7.31. The van der Waals surface area contributed by atoms with Gasteiger partial charge in [-0.1, -0.05) is 96.9 Å². The van der Waals surface area contributed by atoms with Gasteiger partial charge in [0.1, 0.15) is 5.71 Å². The molecule has 6 aromatic rings. The van der Waals surface area contributed by atoms with E-state index in [4.69, 9.17) is 25.8 Å². The summed E-state index contributed by atoms with van der Waals surface area (Å²) in [5.74, 6) is 6.51. The molecule has 0 fully saturated rings. The average Bonchev–Trinajstić information content (AvgIpc) is 3.41. The van der Waals surface area contributed by atoms with Gasteiger partial charge >= 0.3 is 0 Å². The summed E-state index contributed by atoms with van der Waals surface area (Å²) in [6.45, 7) is 2.05. The van der Waals surface area contributed by atoms with E-state index in [0.29, 0.717) is 5.82 Å².